The summed E-state index contributed by atoms with van der Waals surface area (Å²) in [6, 6.07) is 0. The van der Waals surface area contributed by atoms with Gasteiger partial charge in [0.15, 0.2) is 0 Å². The normalized spacial score (nSPS) is 52.8. The van der Waals surface area contributed by atoms with Crippen molar-refractivity contribution < 1.29 is 9.53 Å². The van der Waals surface area contributed by atoms with Crippen molar-refractivity contribution in [1.82, 2.24) is 15.5 Å². The molecule has 5 heteroatoms. The maximum atomic E-state index is 12.4. The monoisotopic (exact) mass is 509 g/mol. The van der Waals surface area contributed by atoms with Gasteiger partial charge in [-0.3, -0.25) is 15.0 Å². The molecule has 0 aromatic carbocycles. The molecule has 7 rings (SSSR count). The summed E-state index contributed by atoms with van der Waals surface area (Å²) >= 11 is 0. The van der Waals surface area contributed by atoms with E-state index in [0.717, 1.165) is 57.7 Å². The van der Waals surface area contributed by atoms with Gasteiger partial charge in [-0.2, -0.15) is 0 Å². The number of likely N-dealkylation sites (tertiary alicyclic amines) is 1. The van der Waals surface area contributed by atoms with Crippen LogP contribution in [-0.4, -0.2) is 61.8 Å². The molecule has 0 bridgehead atoms. The molecule has 1 spiro atoms. The summed E-state index contributed by atoms with van der Waals surface area (Å²) in [7, 11) is 4.25. The minimum atomic E-state index is -0.0322. The molecule has 9 atom stereocenters. The van der Waals surface area contributed by atoms with Gasteiger partial charge in [0.25, 0.3) is 0 Å². The van der Waals surface area contributed by atoms with Crippen LogP contribution in [0, 0.1) is 34.0 Å². The van der Waals surface area contributed by atoms with Crippen LogP contribution in [-0.2, 0) is 9.53 Å². The van der Waals surface area contributed by atoms with Crippen molar-refractivity contribution >= 4 is 5.78 Å². The van der Waals surface area contributed by atoms with Gasteiger partial charge in [-0.25, -0.2) is 0 Å². The van der Waals surface area contributed by atoms with E-state index in [1.807, 2.05) is 5.57 Å². The molecule has 0 aromatic rings. The summed E-state index contributed by atoms with van der Waals surface area (Å²) in [5.41, 5.74) is 4.85. The average molecular weight is 510 g/mol. The molecule has 0 radical (unpaired) electrons. The number of ketones is 1. The minimum Gasteiger partial charge on any atom is -0.368 e. The van der Waals surface area contributed by atoms with Crippen molar-refractivity contribution in [3.05, 3.63) is 11.1 Å². The first-order chi connectivity index (χ1) is 17.7. The van der Waals surface area contributed by atoms with Crippen LogP contribution < -0.4 is 10.6 Å². The maximum absolute atomic E-state index is 12.4. The third kappa shape index (κ3) is 3.15. The topological polar surface area (TPSA) is 53.6 Å². The number of nitrogens with one attached hydrogen (secondary N) is 2. The van der Waals surface area contributed by atoms with Crippen LogP contribution in [0.5, 0.6) is 0 Å². The third-order valence-corrected chi connectivity index (χ3v) is 13.7. The number of hydrogen-bond donors (Lipinski definition) is 2. The molecule has 206 valence electrons. The molecule has 0 amide bonds. The van der Waals surface area contributed by atoms with Gasteiger partial charge in [0.1, 0.15) is 11.4 Å². The molecule has 9 unspecified atom stereocenters. The number of allylic oxidation sites excluding steroid dienone is 1. The van der Waals surface area contributed by atoms with Gasteiger partial charge in [-0.05, 0) is 113 Å². The number of carbonyl (C=O) groups excluding carboxylic acids is 1. The number of ether oxygens (including phenoxy) is 1. The highest BCUT2D eigenvalue weighted by molar-refractivity contribution is 5.80. The number of likely N-dealkylation sites (N-methyl/N-ethyl adjacent to an activating group) is 2. The summed E-state index contributed by atoms with van der Waals surface area (Å²) in [6.07, 6.45) is 14.5. The average Bonchev–Trinajstić information content (AvgIpc) is 3.36. The summed E-state index contributed by atoms with van der Waals surface area (Å²) in [5, 5.41) is 7.23. The van der Waals surface area contributed by atoms with Gasteiger partial charge < -0.3 is 10.1 Å². The van der Waals surface area contributed by atoms with Gasteiger partial charge in [0.05, 0.1) is 11.7 Å². The first kappa shape index (κ1) is 25.2. The van der Waals surface area contributed by atoms with E-state index >= 15 is 0 Å². The minimum absolute atomic E-state index is 0.0242. The number of carbonyl (C=O) groups is 1. The van der Waals surface area contributed by atoms with Crippen molar-refractivity contribution in [2.75, 3.05) is 33.7 Å². The predicted molar refractivity (Wildman–Crippen MR) is 147 cm³/mol. The molecule has 7 aliphatic rings. The lowest BCUT2D eigenvalue weighted by molar-refractivity contribution is -0.130. The number of piperidine rings is 1. The Morgan fingerprint density at radius 3 is 2.73 bits per heavy atom. The molecule has 2 aliphatic heterocycles. The van der Waals surface area contributed by atoms with Crippen molar-refractivity contribution in [2.45, 2.75) is 115 Å². The molecule has 0 aromatic heterocycles. The smallest absolute Gasteiger partial charge is 0.133 e. The van der Waals surface area contributed by atoms with Crippen molar-refractivity contribution in [1.29, 1.82) is 0 Å². The van der Waals surface area contributed by atoms with Gasteiger partial charge >= 0.3 is 0 Å². The van der Waals surface area contributed by atoms with Crippen molar-refractivity contribution in [3.63, 3.8) is 0 Å². The number of nitrogens with zero attached hydrogens (tertiary/aromatic N) is 1. The molecule has 2 heterocycles. The summed E-state index contributed by atoms with van der Waals surface area (Å²) in [4.78, 5) is 15.1. The highest BCUT2D eigenvalue weighted by Gasteiger charge is 2.82. The Kier molecular flexibility index (Phi) is 5.55. The fraction of sp³-hybridized carbons (Fsp3) is 0.906. The second-order valence-corrected chi connectivity index (χ2v) is 15.1. The Morgan fingerprint density at radius 1 is 1.11 bits per heavy atom. The molecular weight excluding hydrogens is 458 g/mol. The standard InChI is InChI=1S/C32H51N3O2/c1-21-14-27-32(34-5,35(18-21)13-12-33-4)19-29(37-27)10-8-26-25(22(2)16-29)17-31-20-30(26,31)11-6-23-15-24(36)7-9-28(23,31)3/h21,23,26-27,33-34H,6-20H2,1-5H3. The Hall–Kier alpha value is -0.750. The van der Waals surface area contributed by atoms with E-state index in [-0.39, 0.29) is 17.4 Å². The van der Waals surface area contributed by atoms with E-state index in [9.17, 15) is 4.79 Å². The lowest BCUT2D eigenvalue weighted by atomic mass is 9.52. The SMILES string of the molecule is CNCCN1CC(C)CC2OC3(CCC4C(=C(C)C3)CC35CC43CCC3CC(=O)CCC35C)CC21NC. The Balaban J connectivity index is 1.19. The zero-order valence-electron chi connectivity index (χ0n) is 24.2. The van der Waals surface area contributed by atoms with E-state index in [2.05, 4.69) is 50.4 Å². The lowest BCUT2D eigenvalue weighted by Crippen LogP contribution is -2.67. The van der Waals surface area contributed by atoms with Crippen LogP contribution in [0.15, 0.2) is 11.1 Å². The van der Waals surface area contributed by atoms with E-state index in [1.165, 1.54) is 44.9 Å². The van der Waals surface area contributed by atoms with Crippen LogP contribution in [0.4, 0.5) is 0 Å². The number of hydrogen-bond acceptors (Lipinski definition) is 5. The second-order valence-electron chi connectivity index (χ2n) is 15.1. The first-order valence-electron chi connectivity index (χ1n) is 15.6. The van der Waals surface area contributed by atoms with Crippen molar-refractivity contribution in [2.24, 2.45) is 34.0 Å². The van der Waals surface area contributed by atoms with E-state index < -0.39 is 0 Å². The van der Waals surface area contributed by atoms with Crippen LogP contribution in [0.25, 0.3) is 0 Å². The van der Waals surface area contributed by atoms with Crippen LogP contribution in [0.2, 0.25) is 0 Å². The summed E-state index contributed by atoms with van der Waals surface area (Å²) < 4.78 is 7.29. The zero-order chi connectivity index (χ0) is 25.8. The highest BCUT2D eigenvalue weighted by atomic mass is 16.5. The molecule has 5 aliphatic carbocycles. The Morgan fingerprint density at radius 2 is 1.95 bits per heavy atom. The lowest BCUT2D eigenvalue weighted by Gasteiger charge is -2.52. The number of rotatable bonds is 4. The molecule has 2 N–H and O–H groups in total. The Labute approximate surface area is 224 Å². The number of Topliss-reactive ketones (excluding diaryl/α,β-unsaturated/α-hetero) is 1. The third-order valence-electron chi connectivity index (χ3n) is 13.7. The molecule has 5 nitrogen and oxygen atoms in total. The molecule has 4 saturated carbocycles. The van der Waals surface area contributed by atoms with Gasteiger partial charge in [-0.1, -0.05) is 25.0 Å². The molecular formula is C32H51N3O2. The Bertz CT molecular complexity index is 1030. The van der Waals surface area contributed by atoms with Gasteiger partial charge in [0.2, 0.25) is 0 Å². The summed E-state index contributed by atoms with van der Waals surface area (Å²) in [6.45, 7) is 10.8. The zero-order valence-corrected chi connectivity index (χ0v) is 24.2. The molecule has 6 fully saturated rings. The predicted octanol–water partition coefficient (Wildman–Crippen LogP) is 5.06. The maximum Gasteiger partial charge on any atom is 0.133 e. The fourth-order valence-electron chi connectivity index (χ4n) is 11.9. The highest BCUT2D eigenvalue weighted by Crippen LogP contribution is 2.90. The van der Waals surface area contributed by atoms with Crippen molar-refractivity contribution in [3.8, 4) is 0 Å². The van der Waals surface area contributed by atoms with Gasteiger partial charge in [0, 0.05) is 38.9 Å². The van der Waals surface area contributed by atoms with E-state index in [0.29, 0.717) is 33.9 Å². The first-order valence-corrected chi connectivity index (χ1v) is 15.6. The number of fused-ring (bicyclic) bond motifs is 3. The largest absolute Gasteiger partial charge is 0.368 e. The van der Waals surface area contributed by atoms with Crippen LogP contribution in [0.3, 0.4) is 0 Å². The fourth-order valence-corrected chi connectivity index (χ4v) is 11.9. The molecule has 2 saturated heterocycles. The second kappa shape index (κ2) is 8.15. The molecule has 37 heavy (non-hydrogen) atoms. The van der Waals surface area contributed by atoms with E-state index in [4.69, 9.17) is 4.74 Å². The van der Waals surface area contributed by atoms with Crippen LogP contribution >= 0.6 is 0 Å². The van der Waals surface area contributed by atoms with E-state index in [1.54, 1.807) is 5.57 Å². The van der Waals surface area contributed by atoms with Crippen LogP contribution in [0.1, 0.15) is 97.8 Å². The van der Waals surface area contributed by atoms with Gasteiger partial charge in [-0.15, -0.1) is 0 Å². The summed E-state index contributed by atoms with van der Waals surface area (Å²) in [5.74, 6) is 2.61. The quantitative estimate of drug-likeness (QED) is 0.519.